The number of nitrogens with one attached hydrogen (secondary N) is 1. The fourth-order valence-corrected chi connectivity index (χ4v) is 3.49. The number of rotatable bonds is 5. The summed E-state index contributed by atoms with van der Waals surface area (Å²) in [7, 11) is 0. The van der Waals surface area contributed by atoms with Crippen LogP contribution in [0.15, 0.2) is 85.2 Å². The molecule has 6 nitrogen and oxygen atoms in total. The van der Waals surface area contributed by atoms with Crippen LogP contribution in [-0.4, -0.2) is 20.3 Å². The average molecular weight is 408 g/mol. The number of para-hydroxylation sites is 1. The first-order chi connectivity index (χ1) is 15.2. The van der Waals surface area contributed by atoms with Crippen molar-refractivity contribution in [2.75, 3.05) is 5.32 Å². The zero-order valence-corrected chi connectivity index (χ0v) is 16.9. The number of amides is 1. The van der Waals surface area contributed by atoms with Gasteiger partial charge in [0.1, 0.15) is 18.0 Å². The van der Waals surface area contributed by atoms with Gasteiger partial charge in [0.15, 0.2) is 0 Å². The zero-order valence-electron chi connectivity index (χ0n) is 16.9. The molecule has 0 saturated carbocycles. The molecule has 0 saturated heterocycles. The van der Waals surface area contributed by atoms with Crippen LogP contribution in [0.4, 0.5) is 5.69 Å². The van der Waals surface area contributed by atoms with E-state index in [2.05, 4.69) is 15.3 Å². The normalized spacial score (nSPS) is 11.0. The molecule has 0 unspecified atom stereocenters. The van der Waals surface area contributed by atoms with E-state index in [0.29, 0.717) is 29.3 Å². The van der Waals surface area contributed by atoms with Crippen molar-refractivity contribution in [2.24, 2.45) is 0 Å². The van der Waals surface area contributed by atoms with Gasteiger partial charge in [-0.1, -0.05) is 24.3 Å². The first-order valence-electron chi connectivity index (χ1n) is 9.99. The van der Waals surface area contributed by atoms with E-state index in [4.69, 9.17) is 4.74 Å². The van der Waals surface area contributed by atoms with Gasteiger partial charge in [-0.25, -0.2) is 4.98 Å². The molecule has 0 bridgehead atoms. The van der Waals surface area contributed by atoms with Crippen LogP contribution >= 0.6 is 0 Å². The van der Waals surface area contributed by atoms with Crippen LogP contribution in [0.2, 0.25) is 0 Å². The topological polar surface area (TPSA) is 68.5 Å². The van der Waals surface area contributed by atoms with E-state index in [1.165, 1.54) is 0 Å². The van der Waals surface area contributed by atoms with E-state index >= 15 is 0 Å². The van der Waals surface area contributed by atoms with Gasteiger partial charge in [-0.2, -0.15) is 0 Å². The Morgan fingerprint density at radius 1 is 1.00 bits per heavy atom. The average Bonchev–Trinajstić information content (AvgIpc) is 3.21. The second-order valence-corrected chi connectivity index (χ2v) is 7.28. The van der Waals surface area contributed by atoms with Crippen LogP contribution in [0.5, 0.6) is 5.75 Å². The number of carbonyl (C=O) groups is 1. The van der Waals surface area contributed by atoms with Crippen molar-refractivity contribution in [1.29, 1.82) is 0 Å². The molecule has 5 aromatic rings. The van der Waals surface area contributed by atoms with Gasteiger partial charge in [0.05, 0.1) is 22.5 Å². The van der Waals surface area contributed by atoms with E-state index < -0.39 is 0 Å². The van der Waals surface area contributed by atoms with Crippen LogP contribution in [-0.2, 0) is 6.61 Å². The van der Waals surface area contributed by atoms with Crippen molar-refractivity contribution in [3.8, 4) is 5.75 Å². The zero-order chi connectivity index (χ0) is 21.2. The number of ether oxygens (including phenoxy) is 1. The van der Waals surface area contributed by atoms with Gasteiger partial charge in [0.25, 0.3) is 5.91 Å². The van der Waals surface area contributed by atoms with Crippen molar-refractivity contribution in [1.82, 2.24) is 14.4 Å². The number of aryl methyl sites for hydroxylation is 1. The maximum Gasteiger partial charge on any atom is 0.257 e. The molecule has 5 rings (SSSR count). The van der Waals surface area contributed by atoms with Gasteiger partial charge < -0.3 is 14.5 Å². The molecule has 1 N–H and O–H groups in total. The highest BCUT2D eigenvalue weighted by molar-refractivity contribution is 6.06. The van der Waals surface area contributed by atoms with Gasteiger partial charge in [0, 0.05) is 23.5 Å². The number of carbonyl (C=O) groups excluding carboxylic acids is 1. The second-order valence-electron chi connectivity index (χ2n) is 7.28. The third-order valence-electron chi connectivity index (χ3n) is 5.07. The van der Waals surface area contributed by atoms with Crippen molar-refractivity contribution < 1.29 is 9.53 Å². The van der Waals surface area contributed by atoms with E-state index in [1.807, 2.05) is 96.5 Å². The lowest BCUT2D eigenvalue weighted by Gasteiger charge is -2.10. The molecule has 0 atom stereocenters. The minimum absolute atomic E-state index is 0.186. The summed E-state index contributed by atoms with van der Waals surface area (Å²) >= 11 is 0. The van der Waals surface area contributed by atoms with Gasteiger partial charge in [-0.05, 0) is 55.5 Å². The Kier molecular flexibility index (Phi) is 4.80. The number of benzene rings is 2. The molecule has 0 radical (unpaired) electrons. The lowest BCUT2D eigenvalue weighted by molar-refractivity contribution is 0.102. The lowest BCUT2D eigenvalue weighted by atomic mass is 10.1. The summed E-state index contributed by atoms with van der Waals surface area (Å²) in [5.74, 6) is 0.521. The number of pyridine rings is 2. The molecule has 31 heavy (non-hydrogen) atoms. The summed E-state index contributed by atoms with van der Waals surface area (Å²) in [6, 6.07) is 22.8. The molecule has 1 amide bonds. The highest BCUT2D eigenvalue weighted by Crippen LogP contribution is 2.20. The summed E-state index contributed by atoms with van der Waals surface area (Å²) < 4.78 is 7.79. The number of fused-ring (bicyclic) bond motifs is 2. The van der Waals surface area contributed by atoms with E-state index in [-0.39, 0.29) is 5.91 Å². The van der Waals surface area contributed by atoms with Crippen molar-refractivity contribution >= 4 is 28.1 Å². The fourth-order valence-electron chi connectivity index (χ4n) is 3.49. The standard InChI is InChI=1S/C25H20N4O2/c1-17-22(14-18-6-2-3-7-23(18)26-17)25(30)28-19-9-11-21(12-10-19)31-16-20-15-29-13-5-4-8-24(29)27-20/h2-15H,16H2,1H3,(H,28,30). The SMILES string of the molecule is Cc1nc2ccccc2cc1C(=O)Nc1ccc(OCc2cn3ccccc3n2)cc1. The monoisotopic (exact) mass is 408 g/mol. The maximum atomic E-state index is 12.8. The molecule has 0 aliphatic rings. The van der Waals surface area contributed by atoms with Crippen LogP contribution in [0.1, 0.15) is 21.7 Å². The molecule has 152 valence electrons. The summed E-state index contributed by atoms with van der Waals surface area (Å²) in [5.41, 5.74) is 4.57. The summed E-state index contributed by atoms with van der Waals surface area (Å²) in [5, 5.41) is 3.87. The molecule has 3 aromatic heterocycles. The molecule has 3 heterocycles. The Morgan fingerprint density at radius 2 is 1.81 bits per heavy atom. The van der Waals surface area contributed by atoms with Gasteiger partial charge in [-0.15, -0.1) is 0 Å². The summed E-state index contributed by atoms with van der Waals surface area (Å²) in [6.45, 7) is 2.22. The number of imidazole rings is 1. The van der Waals surface area contributed by atoms with Crippen LogP contribution in [0, 0.1) is 6.92 Å². The van der Waals surface area contributed by atoms with Crippen molar-refractivity contribution in [3.63, 3.8) is 0 Å². The maximum absolute atomic E-state index is 12.8. The van der Waals surface area contributed by atoms with E-state index in [9.17, 15) is 4.79 Å². The molecule has 0 fully saturated rings. The van der Waals surface area contributed by atoms with Crippen molar-refractivity contribution in [3.05, 3.63) is 102 Å². The number of anilines is 1. The highest BCUT2D eigenvalue weighted by atomic mass is 16.5. The fraction of sp³-hybridized carbons (Fsp3) is 0.0800. The first-order valence-corrected chi connectivity index (χ1v) is 9.99. The van der Waals surface area contributed by atoms with Crippen LogP contribution < -0.4 is 10.1 Å². The minimum atomic E-state index is -0.186. The summed E-state index contributed by atoms with van der Waals surface area (Å²) in [4.78, 5) is 21.8. The molecule has 2 aromatic carbocycles. The summed E-state index contributed by atoms with van der Waals surface area (Å²) in [6.07, 6.45) is 3.90. The molecular weight excluding hydrogens is 388 g/mol. The number of aromatic nitrogens is 3. The molecule has 0 spiro atoms. The van der Waals surface area contributed by atoms with E-state index in [1.54, 1.807) is 0 Å². The number of hydrogen-bond acceptors (Lipinski definition) is 4. The number of nitrogens with zero attached hydrogens (tertiary/aromatic N) is 3. The Morgan fingerprint density at radius 3 is 2.65 bits per heavy atom. The Balaban J connectivity index is 1.25. The third kappa shape index (κ3) is 3.96. The largest absolute Gasteiger partial charge is 0.487 e. The Hall–Kier alpha value is -4.19. The van der Waals surface area contributed by atoms with Crippen LogP contribution in [0.3, 0.4) is 0 Å². The predicted octanol–water partition coefficient (Wildman–Crippen LogP) is 5.02. The number of hydrogen-bond donors (Lipinski definition) is 1. The van der Waals surface area contributed by atoms with E-state index in [0.717, 1.165) is 22.2 Å². The predicted molar refractivity (Wildman–Crippen MR) is 120 cm³/mol. The third-order valence-corrected chi connectivity index (χ3v) is 5.07. The Labute approximate surface area is 179 Å². The van der Waals surface area contributed by atoms with Gasteiger partial charge in [-0.3, -0.25) is 9.78 Å². The smallest absolute Gasteiger partial charge is 0.257 e. The highest BCUT2D eigenvalue weighted by Gasteiger charge is 2.12. The molecule has 6 heteroatoms. The first kappa shape index (κ1) is 18.8. The molecule has 0 aliphatic carbocycles. The van der Waals surface area contributed by atoms with Gasteiger partial charge in [0.2, 0.25) is 0 Å². The second kappa shape index (κ2) is 7.91. The Bertz CT molecular complexity index is 1360. The van der Waals surface area contributed by atoms with Gasteiger partial charge >= 0.3 is 0 Å². The quantitative estimate of drug-likeness (QED) is 0.443. The minimum Gasteiger partial charge on any atom is -0.487 e. The lowest BCUT2D eigenvalue weighted by Crippen LogP contribution is -2.14. The van der Waals surface area contributed by atoms with Crippen molar-refractivity contribution in [2.45, 2.75) is 13.5 Å². The molecule has 0 aliphatic heterocycles. The van der Waals surface area contributed by atoms with Crippen LogP contribution in [0.25, 0.3) is 16.6 Å². The molecular formula is C25H20N4O2.